The van der Waals surface area contributed by atoms with Crippen LogP contribution in [0.3, 0.4) is 0 Å². The van der Waals surface area contributed by atoms with E-state index in [1.807, 2.05) is 28.8 Å². The number of hydrogen-bond donors (Lipinski definition) is 0. The molecule has 1 aliphatic rings. The smallest absolute Gasteiger partial charge is 0.264 e. The standard InChI is InChI=1S/C17H23N3OS2/c1-12-5-7-22-16(12)17(21)20-6-4-14(9-20)8-19(3)10-15-13(2)18-11-23-15/h5,7,11,14H,4,6,8-10H2,1-3H3/t14-/m1/s1. The van der Waals surface area contributed by atoms with Crippen molar-refractivity contribution in [3.8, 4) is 0 Å². The fourth-order valence-electron chi connectivity index (χ4n) is 3.13. The van der Waals surface area contributed by atoms with Crippen molar-refractivity contribution in [3.05, 3.63) is 38.0 Å². The molecule has 0 unspecified atom stereocenters. The lowest BCUT2D eigenvalue weighted by atomic mass is 10.1. The number of aromatic nitrogens is 1. The van der Waals surface area contributed by atoms with Crippen LogP contribution in [0, 0.1) is 19.8 Å². The molecule has 0 N–H and O–H groups in total. The lowest BCUT2D eigenvalue weighted by Gasteiger charge is -2.21. The van der Waals surface area contributed by atoms with E-state index >= 15 is 0 Å². The Balaban J connectivity index is 1.53. The Morgan fingerprint density at radius 3 is 2.91 bits per heavy atom. The predicted octanol–water partition coefficient (Wildman–Crippen LogP) is 3.42. The van der Waals surface area contributed by atoms with Crippen LogP contribution >= 0.6 is 22.7 Å². The topological polar surface area (TPSA) is 36.4 Å². The summed E-state index contributed by atoms with van der Waals surface area (Å²) in [6.07, 6.45) is 1.10. The minimum absolute atomic E-state index is 0.209. The van der Waals surface area contributed by atoms with Crippen LogP contribution in [0.5, 0.6) is 0 Å². The van der Waals surface area contributed by atoms with E-state index in [1.54, 1.807) is 22.7 Å². The maximum Gasteiger partial charge on any atom is 0.264 e. The predicted molar refractivity (Wildman–Crippen MR) is 96.3 cm³/mol. The summed E-state index contributed by atoms with van der Waals surface area (Å²) >= 11 is 3.28. The van der Waals surface area contributed by atoms with Crippen LogP contribution in [0.4, 0.5) is 0 Å². The average molecular weight is 350 g/mol. The molecule has 23 heavy (non-hydrogen) atoms. The summed E-state index contributed by atoms with van der Waals surface area (Å²) < 4.78 is 0. The zero-order chi connectivity index (χ0) is 16.4. The Morgan fingerprint density at radius 1 is 1.43 bits per heavy atom. The first-order chi connectivity index (χ1) is 11.0. The van der Waals surface area contributed by atoms with E-state index in [4.69, 9.17) is 0 Å². The molecule has 0 bridgehead atoms. The first-order valence-corrected chi connectivity index (χ1v) is 9.71. The maximum atomic E-state index is 12.6. The van der Waals surface area contributed by atoms with E-state index in [0.29, 0.717) is 5.92 Å². The van der Waals surface area contributed by atoms with Crippen LogP contribution in [-0.2, 0) is 6.54 Å². The Labute approximate surface area is 145 Å². The van der Waals surface area contributed by atoms with Gasteiger partial charge in [0.05, 0.1) is 16.1 Å². The summed E-state index contributed by atoms with van der Waals surface area (Å²) in [6, 6.07) is 2.02. The van der Waals surface area contributed by atoms with Gasteiger partial charge in [0, 0.05) is 31.1 Å². The van der Waals surface area contributed by atoms with E-state index in [-0.39, 0.29) is 5.91 Å². The molecule has 2 aromatic heterocycles. The molecule has 0 spiro atoms. The Hall–Kier alpha value is -1.24. The lowest BCUT2D eigenvalue weighted by molar-refractivity contribution is 0.0788. The van der Waals surface area contributed by atoms with Crippen molar-refractivity contribution in [2.75, 3.05) is 26.7 Å². The molecule has 0 saturated carbocycles. The van der Waals surface area contributed by atoms with Gasteiger partial charge in [-0.1, -0.05) is 0 Å². The third-order valence-electron chi connectivity index (χ3n) is 4.46. The first kappa shape index (κ1) is 16.6. The minimum atomic E-state index is 0.209. The molecule has 1 saturated heterocycles. The molecule has 3 rings (SSSR count). The van der Waals surface area contributed by atoms with Crippen molar-refractivity contribution < 1.29 is 4.79 Å². The number of thiophene rings is 1. The number of amides is 1. The van der Waals surface area contributed by atoms with Gasteiger partial charge >= 0.3 is 0 Å². The zero-order valence-corrected chi connectivity index (χ0v) is 15.5. The van der Waals surface area contributed by atoms with Crippen molar-refractivity contribution in [2.24, 2.45) is 5.92 Å². The van der Waals surface area contributed by atoms with Gasteiger partial charge in [-0.15, -0.1) is 22.7 Å². The van der Waals surface area contributed by atoms with E-state index in [2.05, 4.69) is 23.9 Å². The van der Waals surface area contributed by atoms with E-state index < -0.39 is 0 Å². The largest absolute Gasteiger partial charge is 0.338 e. The maximum absolute atomic E-state index is 12.6. The number of aryl methyl sites for hydroxylation is 2. The number of carbonyl (C=O) groups excluding carboxylic acids is 1. The fourth-order valence-corrected chi connectivity index (χ4v) is 4.88. The van der Waals surface area contributed by atoms with Crippen LogP contribution in [0.15, 0.2) is 17.0 Å². The quantitative estimate of drug-likeness (QED) is 0.830. The SMILES string of the molecule is Cc1ccsc1C(=O)N1CC[C@H](CN(C)Cc2scnc2C)C1. The van der Waals surface area contributed by atoms with Crippen molar-refractivity contribution in [3.63, 3.8) is 0 Å². The van der Waals surface area contributed by atoms with Gasteiger partial charge in [0.25, 0.3) is 5.91 Å². The van der Waals surface area contributed by atoms with Crippen LogP contribution in [0.25, 0.3) is 0 Å². The molecule has 1 amide bonds. The Kier molecular flexibility index (Phi) is 5.14. The summed E-state index contributed by atoms with van der Waals surface area (Å²) in [5, 5.41) is 2.00. The number of nitrogens with zero attached hydrogens (tertiary/aromatic N) is 3. The minimum Gasteiger partial charge on any atom is -0.338 e. The van der Waals surface area contributed by atoms with E-state index in [1.165, 1.54) is 4.88 Å². The fraction of sp³-hybridized carbons (Fsp3) is 0.529. The molecule has 124 valence electrons. The molecule has 0 radical (unpaired) electrons. The third-order valence-corrected chi connectivity index (χ3v) is 6.38. The summed E-state index contributed by atoms with van der Waals surface area (Å²) in [7, 11) is 2.16. The summed E-state index contributed by atoms with van der Waals surface area (Å²) in [5.74, 6) is 0.776. The molecule has 4 nitrogen and oxygen atoms in total. The van der Waals surface area contributed by atoms with Crippen molar-refractivity contribution in [1.29, 1.82) is 0 Å². The molecule has 2 aromatic rings. The second-order valence-electron chi connectivity index (χ2n) is 6.40. The number of hydrogen-bond acceptors (Lipinski definition) is 5. The van der Waals surface area contributed by atoms with E-state index in [9.17, 15) is 4.79 Å². The van der Waals surface area contributed by atoms with Gasteiger partial charge in [-0.05, 0) is 50.2 Å². The van der Waals surface area contributed by atoms with Gasteiger partial charge in [-0.25, -0.2) is 4.98 Å². The van der Waals surface area contributed by atoms with Gasteiger partial charge in [0.2, 0.25) is 0 Å². The zero-order valence-electron chi connectivity index (χ0n) is 13.9. The molecule has 1 fully saturated rings. The van der Waals surface area contributed by atoms with Crippen LogP contribution in [-0.4, -0.2) is 47.4 Å². The van der Waals surface area contributed by atoms with Crippen LogP contribution in [0.2, 0.25) is 0 Å². The van der Waals surface area contributed by atoms with Crippen molar-refractivity contribution >= 4 is 28.6 Å². The van der Waals surface area contributed by atoms with Gasteiger partial charge < -0.3 is 9.80 Å². The van der Waals surface area contributed by atoms with Gasteiger partial charge in [-0.3, -0.25) is 4.79 Å². The van der Waals surface area contributed by atoms with Gasteiger partial charge in [0.1, 0.15) is 0 Å². The Bertz CT molecular complexity index is 679. The molecule has 6 heteroatoms. The van der Waals surface area contributed by atoms with Gasteiger partial charge in [0.15, 0.2) is 0 Å². The second kappa shape index (κ2) is 7.11. The number of rotatable bonds is 5. The molecule has 1 aliphatic heterocycles. The number of thiazole rings is 1. The van der Waals surface area contributed by atoms with E-state index in [0.717, 1.165) is 48.7 Å². The summed E-state index contributed by atoms with van der Waals surface area (Å²) in [4.78, 5) is 23.5. The number of likely N-dealkylation sites (tertiary alicyclic amines) is 1. The highest BCUT2D eigenvalue weighted by Crippen LogP contribution is 2.24. The van der Waals surface area contributed by atoms with Crippen molar-refractivity contribution in [1.82, 2.24) is 14.8 Å². The highest BCUT2D eigenvalue weighted by molar-refractivity contribution is 7.12. The summed E-state index contributed by atoms with van der Waals surface area (Å²) in [5.41, 5.74) is 4.15. The lowest BCUT2D eigenvalue weighted by Crippen LogP contribution is -2.31. The molecular weight excluding hydrogens is 326 g/mol. The molecule has 0 aliphatic carbocycles. The monoisotopic (exact) mass is 349 g/mol. The molecule has 0 aromatic carbocycles. The van der Waals surface area contributed by atoms with Crippen LogP contribution < -0.4 is 0 Å². The molecule has 1 atom stereocenters. The Morgan fingerprint density at radius 2 is 2.26 bits per heavy atom. The second-order valence-corrected chi connectivity index (χ2v) is 8.25. The molecule has 3 heterocycles. The average Bonchev–Trinajstić information content (AvgIpc) is 3.22. The highest BCUT2D eigenvalue weighted by atomic mass is 32.1. The normalized spacial score (nSPS) is 18.1. The highest BCUT2D eigenvalue weighted by Gasteiger charge is 2.28. The van der Waals surface area contributed by atoms with Crippen molar-refractivity contribution in [2.45, 2.75) is 26.8 Å². The van der Waals surface area contributed by atoms with Gasteiger partial charge in [-0.2, -0.15) is 0 Å². The third kappa shape index (κ3) is 3.82. The first-order valence-electron chi connectivity index (χ1n) is 7.95. The summed E-state index contributed by atoms with van der Waals surface area (Å²) in [6.45, 7) is 7.83. The molecular formula is C17H23N3OS2. The number of carbonyl (C=O) groups is 1. The van der Waals surface area contributed by atoms with Crippen LogP contribution in [0.1, 0.15) is 32.2 Å².